The van der Waals surface area contributed by atoms with Crippen LogP contribution in [0.2, 0.25) is 0 Å². The number of Topliss-reactive ketones (excluding diaryl/α,β-unsaturated/α-hetero) is 1. The molecule has 0 aromatic heterocycles. The van der Waals surface area contributed by atoms with Crippen molar-refractivity contribution in [1.29, 1.82) is 0 Å². The van der Waals surface area contributed by atoms with Gasteiger partial charge in [0.25, 0.3) is 0 Å². The van der Waals surface area contributed by atoms with Gasteiger partial charge in [0.1, 0.15) is 18.1 Å². The van der Waals surface area contributed by atoms with Crippen LogP contribution in [0.25, 0.3) is 0 Å². The zero-order valence-electron chi connectivity index (χ0n) is 13.0. The summed E-state index contributed by atoms with van der Waals surface area (Å²) in [4.78, 5) is 22.7. The molecule has 120 valence electrons. The number of carbonyl (C=O) groups is 2. The Balaban J connectivity index is 2.34. The summed E-state index contributed by atoms with van der Waals surface area (Å²) in [6.45, 7) is 1.71. The Hall–Kier alpha value is -2.82. The lowest BCUT2D eigenvalue weighted by molar-refractivity contribution is -0.136. The molecule has 0 aliphatic heterocycles. The van der Waals surface area contributed by atoms with E-state index in [1.165, 1.54) is 20.1 Å². The lowest BCUT2D eigenvalue weighted by atomic mass is 10.0. The monoisotopic (exact) mass is 314 g/mol. The van der Waals surface area contributed by atoms with Crippen LogP contribution in [0.3, 0.4) is 0 Å². The van der Waals surface area contributed by atoms with Gasteiger partial charge in [0.15, 0.2) is 5.78 Å². The molecule has 0 aliphatic carbocycles. The van der Waals surface area contributed by atoms with Gasteiger partial charge in [0, 0.05) is 11.6 Å². The number of methoxy groups -OCH3 is 1. The first kappa shape index (κ1) is 16.5. The summed E-state index contributed by atoms with van der Waals surface area (Å²) in [5, 5.41) is 9.06. The number of benzene rings is 2. The smallest absolute Gasteiger partial charge is 0.307 e. The van der Waals surface area contributed by atoms with Crippen molar-refractivity contribution in [2.45, 2.75) is 20.0 Å². The van der Waals surface area contributed by atoms with E-state index in [2.05, 4.69) is 0 Å². The quantitative estimate of drug-likeness (QED) is 0.795. The first-order valence-corrected chi connectivity index (χ1v) is 7.11. The van der Waals surface area contributed by atoms with Crippen LogP contribution in [0.15, 0.2) is 42.5 Å². The molecular formula is C18H18O5. The highest BCUT2D eigenvalue weighted by Gasteiger charge is 2.16. The highest BCUT2D eigenvalue weighted by Crippen LogP contribution is 2.30. The molecule has 1 N–H and O–H groups in total. The molecular weight excluding hydrogens is 296 g/mol. The SMILES string of the molecule is COc1cc(OCc2ccccc2)c(CC(=O)O)cc1C(C)=O. The number of ether oxygens (including phenoxy) is 2. The number of rotatable bonds is 7. The summed E-state index contributed by atoms with van der Waals surface area (Å²) < 4.78 is 11.0. The third kappa shape index (κ3) is 4.32. The largest absolute Gasteiger partial charge is 0.496 e. The number of aliphatic carboxylic acids is 1. The average molecular weight is 314 g/mol. The molecule has 2 aromatic rings. The third-order valence-corrected chi connectivity index (χ3v) is 3.34. The molecule has 0 spiro atoms. The molecule has 5 heteroatoms. The van der Waals surface area contributed by atoms with Gasteiger partial charge in [-0.3, -0.25) is 9.59 Å². The van der Waals surface area contributed by atoms with Gasteiger partial charge in [-0.2, -0.15) is 0 Å². The Morgan fingerprint density at radius 3 is 2.35 bits per heavy atom. The highest BCUT2D eigenvalue weighted by molar-refractivity contribution is 5.97. The molecule has 0 aliphatic rings. The zero-order valence-corrected chi connectivity index (χ0v) is 13.0. The van der Waals surface area contributed by atoms with Crippen molar-refractivity contribution in [3.05, 3.63) is 59.2 Å². The van der Waals surface area contributed by atoms with Gasteiger partial charge in [-0.25, -0.2) is 0 Å². The summed E-state index contributed by atoms with van der Waals surface area (Å²) >= 11 is 0. The first-order valence-electron chi connectivity index (χ1n) is 7.11. The minimum atomic E-state index is -0.991. The van der Waals surface area contributed by atoms with Crippen molar-refractivity contribution >= 4 is 11.8 Å². The number of carboxylic acid groups (broad SMARTS) is 1. The van der Waals surface area contributed by atoms with Gasteiger partial charge in [-0.15, -0.1) is 0 Å². The van der Waals surface area contributed by atoms with Crippen LogP contribution in [0.5, 0.6) is 11.5 Å². The highest BCUT2D eigenvalue weighted by atomic mass is 16.5. The summed E-state index contributed by atoms with van der Waals surface area (Å²) in [6, 6.07) is 12.6. The maximum atomic E-state index is 11.7. The Morgan fingerprint density at radius 1 is 1.09 bits per heavy atom. The van der Waals surface area contributed by atoms with Gasteiger partial charge < -0.3 is 14.6 Å². The van der Waals surface area contributed by atoms with Crippen molar-refractivity contribution in [3.8, 4) is 11.5 Å². The molecule has 0 radical (unpaired) electrons. The fourth-order valence-corrected chi connectivity index (χ4v) is 2.22. The van der Waals surface area contributed by atoms with Crippen molar-refractivity contribution in [1.82, 2.24) is 0 Å². The summed E-state index contributed by atoms with van der Waals surface area (Å²) in [5.41, 5.74) is 1.75. The van der Waals surface area contributed by atoms with E-state index in [9.17, 15) is 9.59 Å². The number of ketones is 1. The van der Waals surface area contributed by atoms with E-state index in [1.807, 2.05) is 30.3 Å². The van der Waals surface area contributed by atoms with E-state index in [0.717, 1.165) is 5.56 Å². The maximum Gasteiger partial charge on any atom is 0.307 e. The van der Waals surface area contributed by atoms with Crippen molar-refractivity contribution in [2.24, 2.45) is 0 Å². The van der Waals surface area contributed by atoms with E-state index in [1.54, 1.807) is 6.07 Å². The van der Waals surface area contributed by atoms with Crippen LogP contribution in [0.1, 0.15) is 28.4 Å². The topological polar surface area (TPSA) is 72.8 Å². The Morgan fingerprint density at radius 2 is 1.78 bits per heavy atom. The first-order chi connectivity index (χ1) is 11.0. The van der Waals surface area contributed by atoms with E-state index in [0.29, 0.717) is 29.2 Å². The molecule has 0 fully saturated rings. The van der Waals surface area contributed by atoms with Crippen molar-refractivity contribution in [3.63, 3.8) is 0 Å². The number of hydrogen-bond acceptors (Lipinski definition) is 4. The minimum Gasteiger partial charge on any atom is -0.496 e. The van der Waals surface area contributed by atoms with Gasteiger partial charge in [-0.05, 0) is 18.6 Å². The summed E-state index contributed by atoms with van der Waals surface area (Å²) in [5.74, 6) is -0.412. The van der Waals surface area contributed by atoms with Gasteiger partial charge in [-0.1, -0.05) is 30.3 Å². The van der Waals surface area contributed by atoms with Gasteiger partial charge >= 0.3 is 5.97 Å². The molecule has 0 bridgehead atoms. The van der Waals surface area contributed by atoms with Crippen molar-refractivity contribution in [2.75, 3.05) is 7.11 Å². The lowest BCUT2D eigenvalue weighted by Gasteiger charge is -2.14. The Labute approximate surface area is 134 Å². The second kappa shape index (κ2) is 7.45. The summed E-state index contributed by atoms with van der Waals surface area (Å²) in [6.07, 6.45) is -0.228. The van der Waals surface area contributed by atoms with Crippen LogP contribution < -0.4 is 9.47 Å². The molecule has 0 atom stereocenters. The zero-order chi connectivity index (χ0) is 16.8. The van der Waals surface area contributed by atoms with E-state index < -0.39 is 5.97 Å². The van der Waals surface area contributed by atoms with E-state index in [-0.39, 0.29) is 12.2 Å². The molecule has 0 heterocycles. The van der Waals surface area contributed by atoms with Crippen molar-refractivity contribution < 1.29 is 24.2 Å². The fraction of sp³-hybridized carbons (Fsp3) is 0.222. The molecule has 2 aromatic carbocycles. The molecule has 5 nitrogen and oxygen atoms in total. The third-order valence-electron chi connectivity index (χ3n) is 3.34. The molecule has 23 heavy (non-hydrogen) atoms. The molecule has 0 saturated heterocycles. The second-order valence-corrected chi connectivity index (χ2v) is 5.06. The van der Waals surface area contributed by atoms with Crippen LogP contribution >= 0.6 is 0 Å². The maximum absolute atomic E-state index is 11.7. The molecule has 2 rings (SSSR count). The molecule has 0 saturated carbocycles. The Kier molecular flexibility index (Phi) is 5.36. The second-order valence-electron chi connectivity index (χ2n) is 5.06. The number of carboxylic acids is 1. The minimum absolute atomic E-state index is 0.192. The predicted molar refractivity (Wildman–Crippen MR) is 85.1 cm³/mol. The van der Waals surface area contributed by atoms with Crippen LogP contribution in [-0.4, -0.2) is 24.0 Å². The van der Waals surface area contributed by atoms with Crippen LogP contribution in [0, 0.1) is 0 Å². The normalized spacial score (nSPS) is 10.2. The van der Waals surface area contributed by atoms with Gasteiger partial charge in [0.2, 0.25) is 0 Å². The molecule has 0 unspecified atom stereocenters. The van der Waals surface area contributed by atoms with Crippen LogP contribution in [0.4, 0.5) is 0 Å². The predicted octanol–water partition coefficient (Wildman–Crippen LogP) is 3.10. The summed E-state index contributed by atoms with van der Waals surface area (Å²) in [7, 11) is 1.46. The average Bonchev–Trinajstić information content (AvgIpc) is 2.53. The molecule has 0 amide bonds. The number of hydrogen-bond donors (Lipinski definition) is 1. The van der Waals surface area contributed by atoms with E-state index in [4.69, 9.17) is 14.6 Å². The standard InChI is InChI=1S/C18H18O5/c1-12(19)15-8-14(9-18(20)21)16(10-17(15)22-2)23-11-13-6-4-3-5-7-13/h3-8,10H,9,11H2,1-2H3,(H,20,21). The van der Waals surface area contributed by atoms with Crippen LogP contribution in [-0.2, 0) is 17.8 Å². The van der Waals surface area contributed by atoms with E-state index >= 15 is 0 Å². The van der Waals surface area contributed by atoms with Gasteiger partial charge in [0.05, 0.1) is 19.1 Å². The fourth-order valence-electron chi connectivity index (χ4n) is 2.22. The lowest BCUT2D eigenvalue weighted by Crippen LogP contribution is -2.07. The Bertz CT molecular complexity index is 707. The number of carbonyl (C=O) groups excluding carboxylic acids is 1.